The van der Waals surface area contributed by atoms with Crippen LogP contribution >= 0.6 is 0 Å². The molecule has 0 saturated carbocycles. The Morgan fingerprint density at radius 3 is 1.98 bits per heavy atom. The van der Waals surface area contributed by atoms with Gasteiger partial charge in [-0.1, -0.05) is 30.3 Å². The summed E-state index contributed by atoms with van der Waals surface area (Å²) in [4.78, 5) is 26.5. The fourth-order valence-electron chi connectivity index (χ4n) is 4.05. The normalized spacial score (nSPS) is 23.3. The van der Waals surface area contributed by atoms with E-state index in [0.717, 1.165) is 12.7 Å². The summed E-state index contributed by atoms with van der Waals surface area (Å²) >= 11 is 0. The van der Waals surface area contributed by atoms with E-state index in [1.165, 1.54) is 4.90 Å². The molecule has 240 valence electrons. The third-order valence-electron chi connectivity index (χ3n) is 5.79. The number of hydrogen-bond acceptors (Lipinski definition) is 13. The number of amides is 2. The van der Waals surface area contributed by atoms with Crippen LogP contribution < -0.4 is 5.32 Å². The molecule has 1 aliphatic heterocycles. The number of carbonyl (C=O) groups is 2. The molecule has 1 saturated heterocycles. The largest absolute Gasteiger partial charge is 0.397 e. The Hall–Kier alpha value is -2.31. The Balaban J connectivity index is 2.16. The van der Waals surface area contributed by atoms with E-state index in [4.69, 9.17) is 14.0 Å². The van der Waals surface area contributed by atoms with Crippen LogP contribution in [0.5, 0.6) is 0 Å². The summed E-state index contributed by atoms with van der Waals surface area (Å²) in [6.45, 7) is 0.655. The molecule has 0 aliphatic carbocycles. The maximum absolute atomic E-state index is 12.7. The van der Waals surface area contributed by atoms with Crippen molar-refractivity contribution in [2.75, 3.05) is 26.7 Å². The molecule has 2 rings (SSSR count). The van der Waals surface area contributed by atoms with Gasteiger partial charge in [-0.05, 0) is 25.3 Å². The third kappa shape index (κ3) is 12.5. The van der Waals surface area contributed by atoms with Gasteiger partial charge in [-0.25, -0.2) is 12.5 Å². The van der Waals surface area contributed by atoms with Crippen LogP contribution in [0.1, 0.15) is 25.3 Å². The van der Waals surface area contributed by atoms with Gasteiger partial charge in [0.1, 0.15) is 18.3 Å². The molecule has 18 nitrogen and oxygen atoms in total. The van der Waals surface area contributed by atoms with E-state index >= 15 is 0 Å². The molecular weight excluding hydrogens is 632 g/mol. The molecule has 1 aromatic carbocycles. The zero-order valence-electron chi connectivity index (χ0n) is 22.3. The van der Waals surface area contributed by atoms with E-state index in [1.807, 2.05) is 30.3 Å². The summed E-state index contributed by atoms with van der Waals surface area (Å²) in [5.74, 6) is -1.10. The second kappa shape index (κ2) is 15.4. The molecule has 4 N–H and O–H groups in total. The molecule has 0 bridgehead atoms. The number of aryl methyl sites for hydroxylation is 1. The number of likely N-dealkylation sites (N-methyl/N-ethyl adjacent to an activating group) is 1. The van der Waals surface area contributed by atoms with E-state index in [0.29, 0.717) is 12.8 Å². The number of benzene rings is 1. The minimum absolute atomic E-state index is 0.144. The number of nitrogens with zero attached hydrogens (tertiary/aromatic N) is 1. The number of ether oxygens (including phenoxy) is 2. The van der Waals surface area contributed by atoms with E-state index in [9.17, 15) is 43.9 Å². The molecule has 0 radical (unpaired) electrons. The fourth-order valence-corrected chi connectivity index (χ4v) is 5.54. The number of hydrogen-bond donors (Lipinski definition) is 4. The number of methoxy groups -OCH3 is 1. The Labute approximate surface area is 243 Å². The molecule has 0 aromatic heterocycles. The minimum atomic E-state index is -5.50. The lowest BCUT2D eigenvalue weighted by atomic mass is 9.99. The van der Waals surface area contributed by atoms with Crippen molar-refractivity contribution in [1.29, 1.82) is 0 Å². The van der Waals surface area contributed by atoms with Crippen LogP contribution in [0.3, 0.4) is 0 Å². The molecular formula is C21H32N2O16S3. The van der Waals surface area contributed by atoms with Gasteiger partial charge < -0.3 is 19.7 Å². The topological polar surface area (TPSA) is 259 Å². The Morgan fingerprint density at radius 1 is 0.905 bits per heavy atom. The average molecular weight is 665 g/mol. The average Bonchev–Trinajstić information content (AvgIpc) is 2.87. The molecule has 1 aromatic rings. The Kier molecular flexibility index (Phi) is 13.2. The lowest BCUT2D eigenvalue weighted by Gasteiger charge is -2.43. The number of carbonyl (C=O) groups excluding carboxylic acids is 2. The van der Waals surface area contributed by atoms with E-state index in [1.54, 1.807) is 6.92 Å². The van der Waals surface area contributed by atoms with Crippen molar-refractivity contribution in [3.8, 4) is 0 Å². The Bertz CT molecular complexity index is 1370. The van der Waals surface area contributed by atoms with Crippen LogP contribution in [0.25, 0.3) is 0 Å². The zero-order valence-corrected chi connectivity index (χ0v) is 24.8. The SMILES string of the molecule is CCN(CC(=O)NC[C@H]1O[C@H](OC)[C@@H](OS(=O)(=O)O)[C@@H](OS(=O)(=O)O)[C@@H]1OS(=O)(=O)O)C(=O)CCCc1ccccc1. The summed E-state index contributed by atoms with van der Waals surface area (Å²) in [6.07, 6.45) is -9.50. The predicted molar refractivity (Wildman–Crippen MR) is 140 cm³/mol. The molecule has 1 fully saturated rings. The van der Waals surface area contributed by atoms with Crippen molar-refractivity contribution in [3.05, 3.63) is 35.9 Å². The van der Waals surface area contributed by atoms with Gasteiger partial charge in [0.05, 0.1) is 6.54 Å². The number of rotatable bonds is 16. The molecule has 1 heterocycles. The minimum Gasteiger partial charge on any atom is -0.353 e. The molecule has 1 aliphatic rings. The van der Waals surface area contributed by atoms with Gasteiger partial charge in [0.2, 0.25) is 11.8 Å². The van der Waals surface area contributed by atoms with Crippen molar-refractivity contribution < 1.29 is 70.5 Å². The maximum atomic E-state index is 12.7. The molecule has 0 spiro atoms. The highest BCUT2D eigenvalue weighted by Crippen LogP contribution is 2.31. The van der Waals surface area contributed by atoms with Gasteiger partial charge in [0.15, 0.2) is 12.4 Å². The van der Waals surface area contributed by atoms with Crippen molar-refractivity contribution in [2.45, 2.75) is 56.9 Å². The van der Waals surface area contributed by atoms with Crippen molar-refractivity contribution in [1.82, 2.24) is 10.2 Å². The first-order valence-corrected chi connectivity index (χ1v) is 16.3. The lowest BCUT2D eigenvalue weighted by Crippen LogP contribution is -2.63. The summed E-state index contributed by atoms with van der Waals surface area (Å²) < 4.78 is 119. The first kappa shape index (κ1) is 35.9. The van der Waals surface area contributed by atoms with Crippen LogP contribution in [0, 0.1) is 0 Å². The molecule has 42 heavy (non-hydrogen) atoms. The van der Waals surface area contributed by atoms with Crippen molar-refractivity contribution in [3.63, 3.8) is 0 Å². The third-order valence-corrected chi connectivity index (χ3v) is 7.19. The second-order valence-corrected chi connectivity index (χ2v) is 11.9. The highest BCUT2D eigenvalue weighted by molar-refractivity contribution is 7.81. The fraction of sp³-hybridized carbons (Fsp3) is 0.619. The van der Waals surface area contributed by atoms with E-state index < -0.39 is 80.9 Å². The maximum Gasteiger partial charge on any atom is 0.397 e. The summed E-state index contributed by atoms with van der Waals surface area (Å²) in [7, 11) is -15.4. The first-order valence-electron chi connectivity index (χ1n) is 12.2. The van der Waals surface area contributed by atoms with Gasteiger partial charge in [0, 0.05) is 26.6 Å². The van der Waals surface area contributed by atoms with Gasteiger partial charge >= 0.3 is 31.2 Å². The summed E-state index contributed by atoms with van der Waals surface area (Å²) in [5, 5.41) is 2.32. The highest BCUT2D eigenvalue weighted by Gasteiger charge is 2.53. The molecule has 5 atom stereocenters. The quantitative estimate of drug-likeness (QED) is 0.153. The van der Waals surface area contributed by atoms with Crippen molar-refractivity contribution >= 4 is 43.0 Å². The van der Waals surface area contributed by atoms with E-state index in [-0.39, 0.29) is 18.9 Å². The smallest absolute Gasteiger partial charge is 0.353 e. The van der Waals surface area contributed by atoms with Gasteiger partial charge in [-0.2, -0.15) is 25.3 Å². The summed E-state index contributed by atoms with van der Waals surface area (Å²) in [5.41, 5.74) is 1.04. The van der Waals surface area contributed by atoms with Gasteiger partial charge in [0.25, 0.3) is 0 Å². The lowest BCUT2D eigenvalue weighted by molar-refractivity contribution is -0.273. The Morgan fingerprint density at radius 2 is 1.45 bits per heavy atom. The van der Waals surface area contributed by atoms with Crippen LogP contribution in [-0.4, -0.2) is 113 Å². The van der Waals surface area contributed by atoms with Gasteiger partial charge in [-0.15, -0.1) is 0 Å². The summed E-state index contributed by atoms with van der Waals surface area (Å²) in [6, 6.07) is 9.44. The van der Waals surface area contributed by atoms with Crippen LogP contribution in [0.4, 0.5) is 0 Å². The van der Waals surface area contributed by atoms with Crippen LogP contribution in [-0.2, 0) is 69.2 Å². The number of nitrogens with one attached hydrogen (secondary N) is 1. The zero-order chi connectivity index (χ0) is 31.7. The predicted octanol–water partition coefficient (Wildman–Crippen LogP) is -1.09. The van der Waals surface area contributed by atoms with Crippen molar-refractivity contribution in [2.24, 2.45) is 0 Å². The molecule has 21 heteroatoms. The van der Waals surface area contributed by atoms with Crippen LogP contribution in [0.15, 0.2) is 30.3 Å². The first-order chi connectivity index (χ1) is 19.4. The van der Waals surface area contributed by atoms with E-state index in [2.05, 4.69) is 17.9 Å². The van der Waals surface area contributed by atoms with Gasteiger partial charge in [-0.3, -0.25) is 23.2 Å². The van der Waals surface area contributed by atoms with Crippen LogP contribution in [0.2, 0.25) is 0 Å². The standard InChI is InChI=1S/C21H32N2O16S3/c1-3-23(17(25)11-7-10-14-8-5-4-6-9-14)13-16(24)22-12-15-18(37-40(26,27)28)19(38-41(29,30)31)20(21(35-2)36-15)39-42(32,33)34/h4-6,8-9,15,18-21H,3,7,10-13H2,1-2H3,(H,22,24)(H,26,27,28)(H,29,30,31)(H,32,33,34)/t15-,18-,19+,20+,21+/m1/s1. The highest BCUT2D eigenvalue weighted by atomic mass is 32.3. The second-order valence-electron chi connectivity index (χ2n) is 8.80. The monoisotopic (exact) mass is 664 g/mol. The molecule has 2 amide bonds. The molecule has 0 unspecified atom stereocenters.